The van der Waals surface area contributed by atoms with Gasteiger partial charge in [-0.15, -0.1) is 0 Å². The van der Waals surface area contributed by atoms with Crippen LogP contribution in [0, 0.1) is 0 Å². The first kappa shape index (κ1) is 16.3. The van der Waals surface area contributed by atoms with Crippen LogP contribution in [-0.4, -0.2) is 59.6 Å². The minimum Gasteiger partial charge on any atom is -0.493 e. The van der Waals surface area contributed by atoms with Crippen molar-refractivity contribution in [3.8, 4) is 11.4 Å². The number of ether oxygens (including phenoxy) is 2. The van der Waals surface area contributed by atoms with Gasteiger partial charge in [-0.05, 0) is 57.1 Å². The summed E-state index contributed by atoms with van der Waals surface area (Å²) in [4.78, 5) is 7.32. The summed E-state index contributed by atoms with van der Waals surface area (Å²) < 4.78 is 13.3. The zero-order chi connectivity index (χ0) is 17.7. The third-order valence-electron chi connectivity index (χ3n) is 6.07. The fourth-order valence-electron chi connectivity index (χ4n) is 4.23. The summed E-state index contributed by atoms with van der Waals surface area (Å²) in [5.41, 5.74) is 2.38. The van der Waals surface area contributed by atoms with E-state index in [9.17, 15) is 0 Å². The Morgan fingerprint density at radius 1 is 1.15 bits per heavy atom. The Balaban J connectivity index is 1.50. The minimum absolute atomic E-state index is 0.331. The van der Waals surface area contributed by atoms with Gasteiger partial charge in [0.05, 0.1) is 18.9 Å². The molecule has 1 aromatic heterocycles. The van der Waals surface area contributed by atoms with E-state index in [0.717, 1.165) is 68.6 Å². The summed E-state index contributed by atoms with van der Waals surface area (Å²) in [7, 11) is 4.32. The van der Waals surface area contributed by atoms with E-state index in [0.29, 0.717) is 17.9 Å². The van der Waals surface area contributed by atoms with E-state index in [-0.39, 0.29) is 0 Å². The van der Waals surface area contributed by atoms with Crippen molar-refractivity contribution in [2.24, 2.45) is 0 Å². The van der Waals surface area contributed by atoms with Gasteiger partial charge >= 0.3 is 0 Å². The Bertz CT molecular complexity index is 804. The van der Waals surface area contributed by atoms with E-state index in [1.54, 1.807) is 0 Å². The van der Waals surface area contributed by atoms with Crippen LogP contribution in [0.2, 0.25) is 0 Å². The lowest BCUT2D eigenvalue weighted by Crippen LogP contribution is -2.40. The lowest BCUT2D eigenvalue weighted by molar-refractivity contribution is 0.160. The van der Waals surface area contributed by atoms with E-state index < -0.39 is 0 Å². The maximum absolute atomic E-state index is 5.66. The molecule has 2 fully saturated rings. The Morgan fingerprint density at radius 2 is 2.04 bits per heavy atom. The van der Waals surface area contributed by atoms with E-state index in [1.165, 1.54) is 5.56 Å². The van der Waals surface area contributed by atoms with Crippen LogP contribution in [0.3, 0.4) is 0 Å². The summed E-state index contributed by atoms with van der Waals surface area (Å²) in [5, 5.41) is 4.93. The highest BCUT2D eigenvalue weighted by Crippen LogP contribution is 2.40. The van der Waals surface area contributed by atoms with Crippen molar-refractivity contribution in [1.29, 1.82) is 0 Å². The SMILES string of the molecule is CN(C)C1CC(c2nc(C3CCOC3)nn2-c2ccc3c(c2)CCO3)C1. The lowest BCUT2D eigenvalue weighted by Gasteiger charge is -2.39. The second-order valence-corrected chi connectivity index (χ2v) is 7.98. The molecular formula is C20H26N4O2. The van der Waals surface area contributed by atoms with Crippen molar-refractivity contribution in [1.82, 2.24) is 19.7 Å². The topological polar surface area (TPSA) is 52.4 Å². The first-order valence-electron chi connectivity index (χ1n) is 9.66. The van der Waals surface area contributed by atoms with Gasteiger partial charge in [0.2, 0.25) is 0 Å². The first-order valence-corrected chi connectivity index (χ1v) is 9.66. The summed E-state index contributed by atoms with van der Waals surface area (Å²) in [6, 6.07) is 7.05. The van der Waals surface area contributed by atoms with Crippen molar-refractivity contribution in [3.05, 3.63) is 35.4 Å². The Hall–Kier alpha value is -1.92. The molecule has 2 aromatic rings. The van der Waals surface area contributed by atoms with Crippen molar-refractivity contribution in [3.63, 3.8) is 0 Å². The Kier molecular flexibility index (Phi) is 3.98. The van der Waals surface area contributed by atoms with E-state index in [4.69, 9.17) is 19.6 Å². The van der Waals surface area contributed by atoms with Crippen LogP contribution in [0.5, 0.6) is 5.75 Å². The molecule has 0 spiro atoms. The molecule has 5 rings (SSSR count). The zero-order valence-corrected chi connectivity index (χ0v) is 15.5. The standard InChI is InChI=1S/C20H26N4O2/c1-23(2)17-10-15(11-17)20-21-19(14-5-7-25-12-14)22-24(20)16-3-4-18-13(9-16)6-8-26-18/h3-4,9,14-15,17H,5-8,10-12H2,1-2H3. The molecule has 0 N–H and O–H groups in total. The van der Waals surface area contributed by atoms with E-state index in [2.05, 4.69) is 41.9 Å². The summed E-state index contributed by atoms with van der Waals surface area (Å²) in [6.07, 6.45) is 4.30. The fraction of sp³-hybridized carbons (Fsp3) is 0.600. The number of hydrogen-bond acceptors (Lipinski definition) is 5. The van der Waals surface area contributed by atoms with Crippen molar-refractivity contribution >= 4 is 0 Å². The highest BCUT2D eigenvalue weighted by atomic mass is 16.5. The van der Waals surface area contributed by atoms with Crippen LogP contribution in [0.4, 0.5) is 0 Å². The molecule has 0 bridgehead atoms. The molecule has 2 aliphatic heterocycles. The van der Waals surface area contributed by atoms with Crippen LogP contribution in [0.1, 0.15) is 48.3 Å². The summed E-state index contributed by atoms with van der Waals surface area (Å²) in [5.74, 6) is 3.88. The molecule has 1 saturated carbocycles. The molecule has 3 aliphatic rings. The number of aromatic nitrogens is 3. The summed E-state index contributed by atoms with van der Waals surface area (Å²) >= 11 is 0. The average Bonchev–Trinajstić information content (AvgIpc) is 3.32. The van der Waals surface area contributed by atoms with Crippen LogP contribution < -0.4 is 4.74 Å². The van der Waals surface area contributed by atoms with Gasteiger partial charge in [-0.2, -0.15) is 5.10 Å². The lowest BCUT2D eigenvalue weighted by atomic mass is 9.79. The smallest absolute Gasteiger partial charge is 0.156 e. The largest absolute Gasteiger partial charge is 0.493 e. The zero-order valence-electron chi connectivity index (χ0n) is 15.5. The molecule has 6 nitrogen and oxygen atoms in total. The van der Waals surface area contributed by atoms with Crippen molar-refractivity contribution in [2.45, 2.75) is 43.6 Å². The predicted molar refractivity (Wildman–Crippen MR) is 98.2 cm³/mol. The normalized spacial score (nSPS) is 27.4. The second-order valence-electron chi connectivity index (χ2n) is 7.98. The van der Waals surface area contributed by atoms with Gasteiger partial charge in [-0.25, -0.2) is 9.67 Å². The molecule has 0 radical (unpaired) electrons. The highest BCUT2D eigenvalue weighted by Gasteiger charge is 2.36. The van der Waals surface area contributed by atoms with Crippen LogP contribution in [0.15, 0.2) is 18.2 Å². The predicted octanol–water partition coefficient (Wildman–Crippen LogP) is 2.51. The quantitative estimate of drug-likeness (QED) is 0.844. The van der Waals surface area contributed by atoms with Crippen molar-refractivity contribution in [2.75, 3.05) is 33.9 Å². The van der Waals surface area contributed by atoms with Gasteiger partial charge in [0, 0.05) is 30.9 Å². The number of fused-ring (bicyclic) bond motifs is 1. The molecule has 1 saturated heterocycles. The highest BCUT2D eigenvalue weighted by molar-refractivity contribution is 5.46. The van der Waals surface area contributed by atoms with Gasteiger partial charge < -0.3 is 14.4 Å². The first-order chi connectivity index (χ1) is 12.7. The number of rotatable bonds is 4. The second kappa shape index (κ2) is 6.35. The monoisotopic (exact) mass is 354 g/mol. The Morgan fingerprint density at radius 3 is 2.81 bits per heavy atom. The molecule has 1 unspecified atom stereocenters. The molecule has 26 heavy (non-hydrogen) atoms. The van der Waals surface area contributed by atoms with Gasteiger partial charge in [-0.1, -0.05) is 0 Å². The van der Waals surface area contributed by atoms with Crippen LogP contribution >= 0.6 is 0 Å². The average molecular weight is 354 g/mol. The number of nitrogens with zero attached hydrogens (tertiary/aromatic N) is 4. The molecule has 1 atom stereocenters. The number of hydrogen-bond donors (Lipinski definition) is 0. The molecule has 138 valence electrons. The van der Waals surface area contributed by atoms with Crippen LogP contribution in [-0.2, 0) is 11.2 Å². The van der Waals surface area contributed by atoms with Gasteiger partial charge in [0.15, 0.2) is 5.82 Å². The number of benzene rings is 1. The fourth-order valence-corrected chi connectivity index (χ4v) is 4.23. The maximum atomic E-state index is 5.66. The molecule has 0 amide bonds. The third-order valence-corrected chi connectivity index (χ3v) is 6.07. The Labute approximate surface area is 154 Å². The molecular weight excluding hydrogens is 328 g/mol. The molecule has 6 heteroatoms. The van der Waals surface area contributed by atoms with Gasteiger partial charge in [-0.3, -0.25) is 0 Å². The van der Waals surface area contributed by atoms with Gasteiger partial charge in [0.1, 0.15) is 11.6 Å². The van der Waals surface area contributed by atoms with E-state index in [1.807, 2.05) is 0 Å². The van der Waals surface area contributed by atoms with Crippen molar-refractivity contribution < 1.29 is 9.47 Å². The van der Waals surface area contributed by atoms with Gasteiger partial charge in [0.25, 0.3) is 0 Å². The van der Waals surface area contributed by atoms with Crippen LogP contribution in [0.25, 0.3) is 5.69 Å². The summed E-state index contributed by atoms with van der Waals surface area (Å²) in [6.45, 7) is 2.34. The van der Waals surface area contributed by atoms with E-state index >= 15 is 0 Å². The molecule has 1 aromatic carbocycles. The molecule has 3 heterocycles. The molecule has 1 aliphatic carbocycles. The maximum Gasteiger partial charge on any atom is 0.156 e. The third kappa shape index (κ3) is 2.72. The minimum atomic E-state index is 0.331.